The van der Waals surface area contributed by atoms with Gasteiger partial charge in [0.15, 0.2) is 0 Å². The second kappa shape index (κ2) is 10.1. The Hall–Kier alpha value is -3.84. The van der Waals surface area contributed by atoms with Crippen molar-refractivity contribution < 1.29 is 19.0 Å². The number of methoxy groups -OCH3 is 1. The van der Waals surface area contributed by atoms with Gasteiger partial charge in [0, 0.05) is 24.2 Å². The molecule has 3 aromatic heterocycles. The molecule has 1 fully saturated rings. The molecule has 0 spiro atoms. The van der Waals surface area contributed by atoms with Gasteiger partial charge in [0.1, 0.15) is 33.5 Å². The van der Waals surface area contributed by atoms with E-state index in [-0.39, 0.29) is 34.0 Å². The Kier molecular flexibility index (Phi) is 6.88. The summed E-state index contributed by atoms with van der Waals surface area (Å²) < 4.78 is 21.5. The number of carbonyl (C=O) groups is 1. The van der Waals surface area contributed by atoms with E-state index < -0.39 is 29.2 Å². The van der Waals surface area contributed by atoms with Crippen LogP contribution in [0.5, 0.6) is 5.75 Å². The van der Waals surface area contributed by atoms with Crippen molar-refractivity contribution in [2.24, 2.45) is 0 Å². The minimum atomic E-state index is -1.36. The van der Waals surface area contributed by atoms with E-state index >= 15 is 0 Å². The minimum absolute atomic E-state index is 0.147. The number of hydrogen-bond donors (Lipinski definition) is 1. The van der Waals surface area contributed by atoms with Crippen LogP contribution in [0.3, 0.4) is 0 Å². The first kappa shape index (κ1) is 25.8. The third-order valence-corrected chi connectivity index (χ3v) is 8.17. The number of aryl methyl sites for hydroxylation is 1. The van der Waals surface area contributed by atoms with Crippen LogP contribution in [0.25, 0.3) is 15.2 Å². The highest BCUT2D eigenvalue weighted by Crippen LogP contribution is 2.33. The fourth-order valence-electron chi connectivity index (χ4n) is 4.92. The van der Waals surface area contributed by atoms with Crippen molar-refractivity contribution in [3.63, 3.8) is 0 Å². The smallest absolute Gasteiger partial charge is 0.332 e. The Bertz CT molecular complexity index is 1620. The second-order valence-corrected chi connectivity index (χ2v) is 10.2. The second-order valence-electron chi connectivity index (χ2n) is 9.21. The van der Waals surface area contributed by atoms with Crippen molar-refractivity contribution in [3.05, 3.63) is 68.4 Å². The number of ether oxygens (including phenoxy) is 1. The van der Waals surface area contributed by atoms with Crippen LogP contribution in [0, 0.1) is 12.7 Å². The molecule has 1 aliphatic rings. The Morgan fingerprint density at radius 2 is 1.89 bits per heavy atom. The first-order valence-electron chi connectivity index (χ1n) is 12.2. The van der Waals surface area contributed by atoms with E-state index in [0.717, 1.165) is 34.8 Å². The van der Waals surface area contributed by atoms with E-state index in [9.17, 15) is 23.9 Å². The molecular formula is C25H27FN6O5S. The summed E-state index contributed by atoms with van der Waals surface area (Å²) in [5.74, 6) is -0.647. The van der Waals surface area contributed by atoms with Crippen LogP contribution in [-0.4, -0.2) is 60.2 Å². The number of thiophene rings is 1. The predicted molar refractivity (Wildman–Crippen MR) is 138 cm³/mol. The Morgan fingerprint density at radius 3 is 2.55 bits per heavy atom. The number of aromatic nitrogens is 5. The molecule has 1 saturated heterocycles. The molecular weight excluding hydrogens is 515 g/mol. The monoisotopic (exact) mass is 542 g/mol. The van der Waals surface area contributed by atoms with Crippen LogP contribution in [0.2, 0.25) is 0 Å². The molecule has 1 aliphatic heterocycles. The van der Waals surface area contributed by atoms with Gasteiger partial charge < -0.3 is 14.7 Å². The molecule has 1 amide bonds. The standard InChI is InChI=1S/C25H27FN6O5S/c1-14-20-22(35)31(15(2)21(34)29-10-4-5-11-29)25(36)30(24(20)38-23(14)32-27-8-9-28-32)13-18(33)17-12-16(26)6-7-19(17)37-3/h6-9,12,15,18,33H,4-5,10-11,13H2,1-3H3/t15-,18-/m0/s1. The molecule has 4 aromatic rings. The number of benzene rings is 1. The molecule has 0 bridgehead atoms. The fourth-order valence-corrected chi connectivity index (χ4v) is 6.14. The number of likely N-dealkylation sites (tertiary alicyclic amines) is 1. The highest BCUT2D eigenvalue weighted by atomic mass is 32.1. The molecule has 1 aromatic carbocycles. The van der Waals surface area contributed by atoms with Crippen molar-refractivity contribution >= 4 is 27.5 Å². The first-order chi connectivity index (χ1) is 18.2. The van der Waals surface area contributed by atoms with Gasteiger partial charge in [0.25, 0.3) is 5.56 Å². The lowest BCUT2D eigenvalue weighted by molar-refractivity contribution is -0.133. The van der Waals surface area contributed by atoms with Crippen LogP contribution in [-0.2, 0) is 11.3 Å². The third-order valence-electron chi connectivity index (χ3n) is 6.89. The number of rotatable bonds is 7. The van der Waals surface area contributed by atoms with E-state index in [1.165, 1.54) is 47.9 Å². The third kappa shape index (κ3) is 4.31. The summed E-state index contributed by atoms with van der Waals surface area (Å²) in [5, 5.41) is 20.2. The highest BCUT2D eigenvalue weighted by molar-refractivity contribution is 7.21. The highest BCUT2D eigenvalue weighted by Gasteiger charge is 2.30. The van der Waals surface area contributed by atoms with Crippen LogP contribution < -0.4 is 16.0 Å². The van der Waals surface area contributed by atoms with Crippen LogP contribution in [0.1, 0.15) is 43.0 Å². The number of aliphatic hydroxyl groups excluding tert-OH is 1. The number of hydrogen-bond acceptors (Lipinski definition) is 8. The van der Waals surface area contributed by atoms with Crippen LogP contribution >= 0.6 is 11.3 Å². The van der Waals surface area contributed by atoms with E-state index in [1.54, 1.807) is 11.8 Å². The summed E-state index contributed by atoms with van der Waals surface area (Å²) in [6.07, 6.45) is 3.35. The van der Waals surface area contributed by atoms with E-state index in [0.29, 0.717) is 23.7 Å². The minimum Gasteiger partial charge on any atom is -0.496 e. The molecule has 200 valence electrons. The molecule has 1 N–H and O–H groups in total. The molecule has 0 radical (unpaired) electrons. The van der Waals surface area contributed by atoms with Gasteiger partial charge in [-0.2, -0.15) is 10.2 Å². The maximum atomic E-state index is 14.1. The van der Waals surface area contributed by atoms with Gasteiger partial charge in [-0.3, -0.25) is 14.2 Å². The van der Waals surface area contributed by atoms with Crippen LogP contribution in [0.4, 0.5) is 4.39 Å². The predicted octanol–water partition coefficient (Wildman–Crippen LogP) is 2.18. The molecule has 2 atom stereocenters. The molecule has 38 heavy (non-hydrogen) atoms. The number of fused-ring (bicyclic) bond motifs is 1. The molecule has 4 heterocycles. The van der Waals surface area contributed by atoms with Gasteiger partial charge in [0.2, 0.25) is 5.91 Å². The molecule has 0 aliphatic carbocycles. The fraction of sp³-hybridized carbons (Fsp3) is 0.400. The van der Waals surface area contributed by atoms with Gasteiger partial charge in [-0.1, -0.05) is 11.3 Å². The lowest BCUT2D eigenvalue weighted by Crippen LogP contribution is -2.47. The number of halogens is 1. The SMILES string of the molecule is COc1ccc(F)cc1[C@@H](O)Cn1c(=O)n([C@@H](C)C(=O)N2CCCC2)c(=O)c2c(C)c(-n3nccn3)sc21. The van der Waals surface area contributed by atoms with Crippen molar-refractivity contribution in [2.75, 3.05) is 20.2 Å². The van der Waals surface area contributed by atoms with Crippen LogP contribution in [0.15, 0.2) is 40.2 Å². The molecule has 0 unspecified atom stereocenters. The number of amides is 1. The molecule has 0 saturated carbocycles. The Morgan fingerprint density at radius 1 is 1.21 bits per heavy atom. The van der Waals surface area contributed by atoms with Gasteiger partial charge in [-0.15, -0.1) is 4.80 Å². The molecule has 5 rings (SSSR count). The lowest BCUT2D eigenvalue weighted by Gasteiger charge is -2.23. The lowest BCUT2D eigenvalue weighted by atomic mass is 10.1. The summed E-state index contributed by atoms with van der Waals surface area (Å²) in [6, 6.07) is 2.67. The van der Waals surface area contributed by atoms with E-state index in [2.05, 4.69) is 10.2 Å². The van der Waals surface area contributed by atoms with Crippen molar-refractivity contribution in [1.82, 2.24) is 29.0 Å². The molecule has 13 heteroatoms. The van der Waals surface area contributed by atoms with Gasteiger partial charge >= 0.3 is 5.69 Å². The molecule has 11 nitrogen and oxygen atoms in total. The zero-order chi connectivity index (χ0) is 27.1. The van der Waals surface area contributed by atoms with E-state index in [4.69, 9.17) is 4.74 Å². The van der Waals surface area contributed by atoms with Gasteiger partial charge in [-0.25, -0.2) is 13.8 Å². The average molecular weight is 543 g/mol. The summed E-state index contributed by atoms with van der Waals surface area (Å²) in [5.41, 5.74) is -0.675. The van der Waals surface area contributed by atoms with Crippen molar-refractivity contribution in [1.29, 1.82) is 0 Å². The largest absolute Gasteiger partial charge is 0.496 e. The zero-order valence-electron chi connectivity index (χ0n) is 21.1. The van der Waals surface area contributed by atoms with Crippen molar-refractivity contribution in [2.45, 2.75) is 45.4 Å². The summed E-state index contributed by atoms with van der Waals surface area (Å²) in [7, 11) is 1.39. The average Bonchev–Trinajstić information content (AvgIpc) is 3.67. The maximum Gasteiger partial charge on any atom is 0.332 e. The maximum absolute atomic E-state index is 14.1. The number of carbonyl (C=O) groups excluding carboxylic acids is 1. The van der Waals surface area contributed by atoms with E-state index in [1.807, 2.05) is 0 Å². The number of nitrogens with zero attached hydrogens (tertiary/aromatic N) is 6. The first-order valence-corrected chi connectivity index (χ1v) is 13.0. The zero-order valence-corrected chi connectivity index (χ0v) is 21.9. The Labute approximate surface area is 220 Å². The topological polar surface area (TPSA) is 124 Å². The summed E-state index contributed by atoms with van der Waals surface area (Å²) in [4.78, 5) is 44.2. The normalized spacial score (nSPS) is 15.2. The van der Waals surface area contributed by atoms with Gasteiger partial charge in [0.05, 0.1) is 31.4 Å². The summed E-state index contributed by atoms with van der Waals surface area (Å²) in [6.45, 7) is 4.07. The van der Waals surface area contributed by atoms with Gasteiger partial charge in [-0.05, 0) is 44.9 Å². The summed E-state index contributed by atoms with van der Waals surface area (Å²) >= 11 is 1.12. The number of aliphatic hydroxyl groups is 1. The quantitative estimate of drug-likeness (QED) is 0.380. The Balaban J connectivity index is 1.71. The van der Waals surface area contributed by atoms with Crippen molar-refractivity contribution in [3.8, 4) is 10.8 Å².